The molecular formula is C21H20F4N4O2. The second kappa shape index (κ2) is 10.1. The molecule has 0 aliphatic rings. The summed E-state index contributed by atoms with van der Waals surface area (Å²) < 4.78 is 55.0. The predicted octanol–water partition coefficient (Wildman–Crippen LogP) is 4.59. The zero-order valence-corrected chi connectivity index (χ0v) is 16.3. The van der Waals surface area contributed by atoms with Gasteiger partial charge in [0.2, 0.25) is 5.95 Å². The number of benzene rings is 2. The summed E-state index contributed by atoms with van der Waals surface area (Å²) in [6, 6.07) is 13.1. The first-order valence-corrected chi connectivity index (χ1v) is 9.41. The minimum absolute atomic E-state index is 0.0196. The second-order valence-electron chi connectivity index (χ2n) is 6.53. The monoisotopic (exact) mass is 436 g/mol. The number of rotatable bonds is 9. The van der Waals surface area contributed by atoms with Crippen molar-refractivity contribution in [2.45, 2.75) is 19.3 Å². The van der Waals surface area contributed by atoms with Gasteiger partial charge >= 0.3 is 6.36 Å². The third-order valence-electron chi connectivity index (χ3n) is 4.07. The molecule has 0 atom stereocenters. The Kier molecular flexibility index (Phi) is 7.24. The molecule has 10 heteroatoms. The van der Waals surface area contributed by atoms with Gasteiger partial charge in [-0.3, -0.25) is 0 Å². The van der Waals surface area contributed by atoms with Crippen LogP contribution in [-0.2, 0) is 6.54 Å². The third-order valence-corrected chi connectivity index (χ3v) is 4.07. The van der Waals surface area contributed by atoms with Gasteiger partial charge in [0.1, 0.15) is 17.4 Å². The van der Waals surface area contributed by atoms with E-state index in [1.54, 1.807) is 24.3 Å². The lowest BCUT2D eigenvalue weighted by atomic mass is 10.1. The summed E-state index contributed by atoms with van der Waals surface area (Å²) in [6.07, 6.45) is -4.34. The lowest BCUT2D eigenvalue weighted by molar-refractivity contribution is -0.274. The van der Waals surface area contributed by atoms with Crippen molar-refractivity contribution < 1.29 is 27.4 Å². The highest BCUT2D eigenvalue weighted by atomic mass is 19.4. The summed E-state index contributed by atoms with van der Waals surface area (Å²) in [5.41, 5.74) is 1.44. The topological polar surface area (TPSA) is 79.3 Å². The highest BCUT2D eigenvalue weighted by Crippen LogP contribution is 2.28. The Bertz CT molecular complexity index is 1010. The Morgan fingerprint density at radius 1 is 0.968 bits per heavy atom. The van der Waals surface area contributed by atoms with Gasteiger partial charge < -0.3 is 20.5 Å². The van der Waals surface area contributed by atoms with Gasteiger partial charge in [0.05, 0.1) is 5.69 Å². The first-order chi connectivity index (χ1) is 14.8. The van der Waals surface area contributed by atoms with E-state index in [1.807, 2.05) is 0 Å². The van der Waals surface area contributed by atoms with E-state index < -0.39 is 6.36 Å². The van der Waals surface area contributed by atoms with E-state index in [-0.39, 0.29) is 30.7 Å². The third kappa shape index (κ3) is 7.10. The second-order valence-corrected chi connectivity index (χ2v) is 6.53. The molecule has 0 aliphatic carbocycles. The molecule has 2 aromatic carbocycles. The number of ether oxygens (including phenoxy) is 1. The van der Waals surface area contributed by atoms with Crippen molar-refractivity contribution in [3.63, 3.8) is 0 Å². The van der Waals surface area contributed by atoms with E-state index in [0.29, 0.717) is 35.6 Å². The molecular weight excluding hydrogens is 416 g/mol. The molecule has 0 unspecified atom stereocenters. The van der Waals surface area contributed by atoms with E-state index in [2.05, 4.69) is 25.3 Å². The number of nitrogens with zero attached hydrogens (tertiary/aromatic N) is 2. The number of aliphatic hydroxyl groups is 1. The molecule has 0 spiro atoms. The van der Waals surface area contributed by atoms with Gasteiger partial charge in [-0.2, -0.15) is 4.98 Å². The van der Waals surface area contributed by atoms with Crippen molar-refractivity contribution in [2.75, 3.05) is 23.8 Å². The number of alkyl halides is 3. The summed E-state index contributed by atoms with van der Waals surface area (Å²) in [5, 5.41) is 15.0. The molecule has 0 saturated heterocycles. The van der Waals surface area contributed by atoms with Crippen LogP contribution in [0, 0.1) is 5.82 Å². The van der Waals surface area contributed by atoms with Crippen molar-refractivity contribution in [2.24, 2.45) is 0 Å². The quantitative estimate of drug-likeness (QED) is 0.337. The Morgan fingerprint density at radius 2 is 1.77 bits per heavy atom. The molecule has 0 bridgehead atoms. The van der Waals surface area contributed by atoms with E-state index >= 15 is 0 Å². The molecule has 164 valence electrons. The van der Waals surface area contributed by atoms with Crippen molar-refractivity contribution in [3.8, 4) is 17.0 Å². The van der Waals surface area contributed by atoms with E-state index in [1.165, 1.54) is 30.3 Å². The maximum absolute atomic E-state index is 13.4. The fourth-order valence-electron chi connectivity index (χ4n) is 2.74. The number of aromatic nitrogens is 2. The SMILES string of the molecule is OCCCNc1nc(NCc2cccc(F)c2)cc(-c2cccc(OC(F)(F)F)c2)n1. The van der Waals surface area contributed by atoms with Crippen LogP contribution in [0.15, 0.2) is 54.6 Å². The molecule has 3 N–H and O–H groups in total. The molecule has 0 fully saturated rings. The predicted molar refractivity (Wildman–Crippen MR) is 108 cm³/mol. The number of halogens is 4. The summed E-state index contributed by atoms with van der Waals surface area (Å²) in [4.78, 5) is 8.67. The maximum atomic E-state index is 13.4. The zero-order valence-electron chi connectivity index (χ0n) is 16.3. The Balaban J connectivity index is 1.87. The molecule has 0 aliphatic heterocycles. The van der Waals surface area contributed by atoms with Crippen molar-refractivity contribution >= 4 is 11.8 Å². The smallest absolute Gasteiger partial charge is 0.406 e. The van der Waals surface area contributed by atoms with Crippen molar-refractivity contribution in [1.29, 1.82) is 0 Å². The van der Waals surface area contributed by atoms with Crippen LogP contribution in [0.25, 0.3) is 11.3 Å². The number of aliphatic hydroxyl groups excluding tert-OH is 1. The largest absolute Gasteiger partial charge is 0.573 e. The van der Waals surface area contributed by atoms with Crippen LogP contribution < -0.4 is 15.4 Å². The van der Waals surface area contributed by atoms with Crippen LogP contribution >= 0.6 is 0 Å². The molecule has 1 heterocycles. The summed E-state index contributed by atoms with van der Waals surface area (Å²) in [7, 11) is 0. The highest BCUT2D eigenvalue weighted by Gasteiger charge is 2.31. The van der Waals surface area contributed by atoms with Gasteiger partial charge in [0, 0.05) is 31.3 Å². The molecule has 6 nitrogen and oxygen atoms in total. The Hall–Kier alpha value is -3.40. The number of hydrogen-bond acceptors (Lipinski definition) is 6. The fourth-order valence-corrected chi connectivity index (χ4v) is 2.74. The molecule has 1 aromatic heterocycles. The van der Waals surface area contributed by atoms with Gasteiger partial charge in [-0.15, -0.1) is 13.2 Å². The van der Waals surface area contributed by atoms with E-state index in [9.17, 15) is 17.6 Å². The van der Waals surface area contributed by atoms with Gasteiger partial charge in [-0.1, -0.05) is 24.3 Å². The summed E-state index contributed by atoms with van der Waals surface area (Å²) in [6.45, 7) is 0.663. The van der Waals surface area contributed by atoms with E-state index in [0.717, 1.165) is 0 Å². The van der Waals surface area contributed by atoms with E-state index in [4.69, 9.17) is 5.11 Å². The molecule has 3 rings (SSSR count). The summed E-state index contributed by atoms with van der Waals surface area (Å²) in [5.74, 6) is -0.110. The molecule has 31 heavy (non-hydrogen) atoms. The average Bonchev–Trinajstić information content (AvgIpc) is 2.71. The average molecular weight is 436 g/mol. The minimum Gasteiger partial charge on any atom is -0.406 e. The van der Waals surface area contributed by atoms with Gasteiger partial charge in [0.25, 0.3) is 0 Å². The highest BCUT2D eigenvalue weighted by molar-refractivity contribution is 5.66. The maximum Gasteiger partial charge on any atom is 0.573 e. The Morgan fingerprint density at radius 3 is 2.52 bits per heavy atom. The van der Waals surface area contributed by atoms with Crippen LogP contribution in [0.5, 0.6) is 5.75 Å². The Labute approximate surface area is 175 Å². The van der Waals surface area contributed by atoms with Gasteiger partial charge in [-0.25, -0.2) is 9.37 Å². The standard InChI is InChI=1S/C21H20F4N4O2/c22-16-6-1-4-14(10-16)13-27-19-12-18(28-20(29-19)26-8-3-9-30)15-5-2-7-17(11-15)31-21(23,24)25/h1-2,4-7,10-12,30H,3,8-9,13H2,(H2,26,27,28,29). The zero-order chi connectivity index (χ0) is 22.3. The minimum atomic E-state index is -4.81. The van der Waals surface area contributed by atoms with Crippen LogP contribution in [-0.4, -0.2) is 34.6 Å². The van der Waals surface area contributed by atoms with Crippen molar-refractivity contribution in [3.05, 3.63) is 66.0 Å². The molecule has 3 aromatic rings. The van der Waals surface area contributed by atoms with Crippen molar-refractivity contribution in [1.82, 2.24) is 9.97 Å². The lowest BCUT2D eigenvalue weighted by Crippen LogP contribution is -2.17. The lowest BCUT2D eigenvalue weighted by Gasteiger charge is -2.13. The first-order valence-electron chi connectivity index (χ1n) is 9.41. The fraction of sp³-hybridized carbons (Fsp3) is 0.238. The van der Waals surface area contributed by atoms with Gasteiger partial charge in [0.15, 0.2) is 0 Å². The number of nitrogens with one attached hydrogen (secondary N) is 2. The number of hydrogen-bond donors (Lipinski definition) is 3. The van der Waals surface area contributed by atoms with Gasteiger partial charge in [-0.05, 0) is 36.2 Å². The molecule has 0 saturated carbocycles. The molecule has 0 amide bonds. The number of anilines is 2. The first kappa shape index (κ1) is 22.3. The normalized spacial score (nSPS) is 11.3. The molecule has 0 radical (unpaired) electrons. The summed E-state index contributed by atoms with van der Waals surface area (Å²) >= 11 is 0. The van der Waals surface area contributed by atoms with Crippen LogP contribution in [0.1, 0.15) is 12.0 Å². The van der Waals surface area contributed by atoms with Crippen LogP contribution in [0.2, 0.25) is 0 Å². The van der Waals surface area contributed by atoms with Crippen LogP contribution in [0.4, 0.5) is 29.3 Å². The van der Waals surface area contributed by atoms with Crippen LogP contribution in [0.3, 0.4) is 0 Å².